The number of phenolic OH excluding ortho intramolecular Hbond substituents is 2. The van der Waals surface area contributed by atoms with Crippen LogP contribution < -0.4 is 5.32 Å². The first-order valence-corrected chi connectivity index (χ1v) is 6.56. The standard InChI is InChI=1S/C16H17NO2/c18-15-9-12-6-7-17-14(13(12)10-16(15)19)8-11-4-2-1-3-5-11/h1-5,9-10,14,17-19H,6-8H2/t14-/m1/s1. The number of fused-ring (bicyclic) bond motifs is 1. The van der Waals surface area contributed by atoms with Crippen molar-refractivity contribution in [3.05, 3.63) is 59.2 Å². The Morgan fingerprint density at radius 2 is 1.79 bits per heavy atom. The van der Waals surface area contributed by atoms with Gasteiger partial charge in [-0.25, -0.2) is 0 Å². The third-order valence-corrected chi connectivity index (χ3v) is 3.68. The molecule has 0 fully saturated rings. The van der Waals surface area contributed by atoms with Crippen LogP contribution in [-0.4, -0.2) is 16.8 Å². The molecule has 98 valence electrons. The Kier molecular flexibility index (Phi) is 3.13. The van der Waals surface area contributed by atoms with Gasteiger partial charge in [0.25, 0.3) is 0 Å². The summed E-state index contributed by atoms with van der Waals surface area (Å²) in [5, 5.41) is 22.7. The highest BCUT2D eigenvalue weighted by molar-refractivity contribution is 5.48. The molecule has 3 N–H and O–H groups in total. The van der Waals surface area contributed by atoms with Crippen LogP contribution in [-0.2, 0) is 12.8 Å². The van der Waals surface area contributed by atoms with E-state index in [9.17, 15) is 10.2 Å². The molecule has 0 amide bonds. The van der Waals surface area contributed by atoms with Gasteiger partial charge in [-0.05, 0) is 48.2 Å². The summed E-state index contributed by atoms with van der Waals surface area (Å²) in [6.07, 6.45) is 1.77. The van der Waals surface area contributed by atoms with E-state index in [1.54, 1.807) is 12.1 Å². The van der Waals surface area contributed by atoms with E-state index in [-0.39, 0.29) is 17.5 Å². The van der Waals surface area contributed by atoms with E-state index in [1.807, 2.05) is 18.2 Å². The third-order valence-electron chi connectivity index (χ3n) is 3.68. The Balaban J connectivity index is 1.92. The van der Waals surface area contributed by atoms with Gasteiger partial charge in [-0.1, -0.05) is 30.3 Å². The molecular formula is C16H17NO2. The average Bonchev–Trinajstić information content (AvgIpc) is 2.42. The summed E-state index contributed by atoms with van der Waals surface area (Å²) in [6, 6.07) is 13.9. The zero-order valence-corrected chi connectivity index (χ0v) is 10.6. The van der Waals surface area contributed by atoms with E-state index < -0.39 is 0 Å². The minimum absolute atomic E-state index is 0.0286. The van der Waals surface area contributed by atoms with Crippen LogP contribution in [0, 0.1) is 0 Å². The minimum Gasteiger partial charge on any atom is -0.504 e. The Morgan fingerprint density at radius 3 is 2.58 bits per heavy atom. The van der Waals surface area contributed by atoms with Crippen molar-refractivity contribution in [3.63, 3.8) is 0 Å². The first kappa shape index (κ1) is 12.1. The molecule has 0 bridgehead atoms. The number of aromatic hydroxyl groups is 2. The van der Waals surface area contributed by atoms with E-state index in [0.717, 1.165) is 30.5 Å². The number of hydrogen-bond acceptors (Lipinski definition) is 3. The predicted octanol–water partition coefficient (Wildman–Crippen LogP) is 2.53. The fraction of sp³-hybridized carbons (Fsp3) is 0.250. The Hall–Kier alpha value is -2.00. The maximum atomic E-state index is 9.68. The first-order valence-electron chi connectivity index (χ1n) is 6.56. The van der Waals surface area contributed by atoms with Crippen molar-refractivity contribution < 1.29 is 10.2 Å². The second kappa shape index (κ2) is 4.94. The summed E-state index contributed by atoms with van der Waals surface area (Å²) in [7, 11) is 0. The van der Waals surface area contributed by atoms with Gasteiger partial charge in [0.05, 0.1) is 0 Å². The highest BCUT2D eigenvalue weighted by atomic mass is 16.3. The monoisotopic (exact) mass is 255 g/mol. The van der Waals surface area contributed by atoms with Crippen LogP contribution >= 0.6 is 0 Å². The van der Waals surface area contributed by atoms with E-state index in [4.69, 9.17) is 0 Å². The maximum absolute atomic E-state index is 9.68. The predicted molar refractivity (Wildman–Crippen MR) is 74.4 cm³/mol. The molecule has 1 aliphatic heterocycles. The number of phenols is 2. The van der Waals surface area contributed by atoms with Crippen molar-refractivity contribution in [2.75, 3.05) is 6.54 Å². The number of rotatable bonds is 2. The van der Waals surface area contributed by atoms with Gasteiger partial charge in [-0.3, -0.25) is 0 Å². The van der Waals surface area contributed by atoms with E-state index in [1.165, 1.54) is 5.56 Å². The number of hydrogen-bond donors (Lipinski definition) is 3. The van der Waals surface area contributed by atoms with Gasteiger partial charge in [0.1, 0.15) is 0 Å². The van der Waals surface area contributed by atoms with E-state index in [2.05, 4.69) is 17.4 Å². The second-order valence-corrected chi connectivity index (χ2v) is 4.99. The van der Waals surface area contributed by atoms with Crippen LogP contribution in [0.3, 0.4) is 0 Å². The van der Waals surface area contributed by atoms with E-state index in [0.29, 0.717) is 0 Å². The molecule has 19 heavy (non-hydrogen) atoms. The highest BCUT2D eigenvalue weighted by Gasteiger charge is 2.21. The van der Waals surface area contributed by atoms with Crippen LogP contribution in [0.4, 0.5) is 0 Å². The van der Waals surface area contributed by atoms with Gasteiger partial charge >= 0.3 is 0 Å². The van der Waals surface area contributed by atoms with Crippen LogP contribution in [0.2, 0.25) is 0 Å². The lowest BCUT2D eigenvalue weighted by atomic mass is 9.90. The van der Waals surface area contributed by atoms with Crippen LogP contribution in [0.25, 0.3) is 0 Å². The summed E-state index contributed by atoms with van der Waals surface area (Å²) >= 11 is 0. The van der Waals surface area contributed by atoms with E-state index >= 15 is 0 Å². The fourth-order valence-corrected chi connectivity index (χ4v) is 2.70. The summed E-state index contributed by atoms with van der Waals surface area (Å²) in [4.78, 5) is 0. The first-order chi connectivity index (χ1) is 9.24. The molecule has 3 heteroatoms. The number of benzene rings is 2. The average molecular weight is 255 g/mol. The zero-order chi connectivity index (χ0) is 13.2. The molecule has 0 saturated heterocycles. The SMILES string of the molecule is Oc1cc2c(cc1O)[C@@H](Cc1ccccc1)NCC2. The van der Waals surface area contributed by atoms with Gasteiger partial charge in [0.2, 0.25) is 0 Å². The quantitative estimate of drug-likeness (QED) is 0.723. The molecule has 2 aromatic carbocycles. The van der Waals surface area contributed by atoms with Crippen LogP contribution in [0.5, 0.6) is 11.5 Å². The molecule has 3 nitrogen and oxygen atoms in total. The topological polar surface area (TPSA) is 52.5 Å². The largest absolute Gasteiger partial charge is 0.504 e. The Bertz CT molecular complexity index is 581. The molecule has 0 radical (unpaired) electrons. The van der Waals surface area contributed by atoms with Gasteiger partial charge in [0, 0.05) is 6.04 Å². The molecule has 2 aromatic rings. The molecular weight excluding hydrogens is 238 g/mol. The van der Waals surface area contributed by atoms with Gasteiger partial charge in [-0.15, -0.1) is 0 Å². The minimum atomic E-state index is -0.0412. The summed E-state index contributed by atoms with van der Waals surface area (Å²) in [5.74, 6) is -0.0698. The second-order valence-electron chi connectivity index (χ2n) is 4.99. The van der Waals surface area contributed by atoms with Crippen molar-refractivity contribution in [3.8, 4) is 11.5 Å². The van der Waals surface area contributed by atoms with Crippen molar-refractivity contribution >= 4 is 0 Å². The van der Waals surface area contributed by atoms with Gasteiger partial charge in [0.15, 0.2) is 11.5 Å². The molecule has 0 aromatic heterocycles. The smallest absolute Gasteiger partial charge is 0.157 e. The lowest BCUT2D eigenvalue weighted by molar-refractivity contribution is 0.398. The van der Waals surface area contributed by atoms with Crippen molar-refractivity contribution in [2.24, 2.45) is 0 Å². The highest BCUT2D eigenvalue weighted by Crippen LogP contribution is 2.34. The molecule has 0 aliphatic carbocycles. The summed E-state index contributed by atoms with van der Waals surface area (Å²) in [6.45, 7) is 0.898. The molecule has 1 heterocycles. The number of nitrogens with one attached hydrogen (secondary N) is 1. The summed E-state index contributed by atoms with van der Waals surface area (Å²) in [5.41, 5.74) is 3.47. The fourth-order valence-electron chi connectivity index (χ4n) is 2.70. The van der Waals surface area contributed by atoms with Crippen molar-refractivity contribution in [2.45, 2.75) is 18.9 Å². The molecule has 0 spiro atoms. The maximum Gasteiger partial charge on any atom is 0.157 e. The van der Waals surface area contributed by atoms with Crippen molar-refractivity contribution in [1.82, 2.24) is 5.32 Å². The normalized spacial score (nSPS) is 18.0. The Morgan fingerprint density at radius 1 is 1.05 bits per heavy atom. The van der Waals surface area contributed by atoms with Crippen LogP contribution in [0.1, 0.15) is 22.7 Å². The molecule has 1 atom stereocenters. The van der Waals surface area contributed by atoms with Crippen LogP contribution in [0.15, 0.2) is 42.5 Å². The van der Waals surface area contributed by atoms with Gasteiger partial charge < -0.3 is 15.5 Å². The molecule has 1 aliphatic rings. The third kappa shape index (κ3) is 2.42. The lowest BCUT2D eigenvalue weighted by Crippen LogP contribution is -2.31. The molecule has 0 unspecified atom stereocenters. The van der Waals surface area contributed by atoms with Crippen molar-refractivity contribution in [1.29, 1.82) is 0 Å². The molecule has 3 rings (SSSR count). The molecule has 0 saturated carbocycles. The zero-order valence-electron chi connectivity index (χ0n) is 10.6. The summed E-state index contributed by atoms with van der Waals surface area (Å²) < 4.78 is 0. The van der Waals surface area contributed by atoms with Gasteiger partial charge in [-0.2, -0.15) is 0 Å². The Labute approximate surface area is 112 Å². The lowest BCUT2D eigenvalue weighted by Gasteiger charge is -2.27.